The van der Waals surface area contributed by atoms with E-state index in [1.807, 2.05) is 6.92 Å². The number of carbonyl (C=O) groups is 1. The minimum atomic E-state index is -3.92. The van der Waals surface area contributed by atoms with Gasteiger partial charge in [-0.05, 0) is 24.6 Å². The molecule has 0 aliphatic rings. The van der Waals surface area contributed by atoms with Crippen molar-refractivity contribution in [3.63, 3.8) is 0 Å². The van der Waals surface area contributed by atoms with E-state index in [-0.39, 0.29) is 4.90 Å². The number of ether oxygens (including phenoxy) is 1. The van der Waals surface area contributed by atoms with Crippen LogP contribution in [0.3, 0.4) is 0 Å². The number of hydrogen-bond donors (Lipinski definition) is 1. The fourth-order valence-electron chi connectivity index (χ4n) is 2.14. The first-order valence-electron chi connectivity index (χ1n) is 7.21. The fraction of sp³-hybridized carbons (Fsp3) is 0.235. The van der Waals surface area contributed by atoms with Gasteiger partial charge in [0.05, 0.1) is 17.4 Å². The Morgan fingerprint density at radius 2 is 1.67 bits per heavy atom. The molecule has 0 aliphatic carbocycles. The molecule has 1 N–H and O–H groups in total. The zero-order valence-corrected chi connectivity index (χ0v) is 14.8. The van der Waals surface area contributed by atoms with Crippen molar-refractivity contribution >= 4 is 27.6 Å². The van der Waals surface area contributed by atoms with Crippen LogP contribution in [0.2, 0.25) is 0 Å². The number of sulfonamides is 1. The number of aryl methyl sites for hydroxylation is 1. The Balaban J connectivity index is 2.32. The van der Waals surface area contributed by atoms with Gasteiger partial charge in [-0.3, -0.25) is 4.79 Å². The van der Waals surface area contributed by atoms with Crippen LogP contribution in [0.4, 0.5) is 0 Å². The van der Waals surface area contributed by atoms with Crippen molar-refractivity contribution < 1.29 is 17.9 Å². The van der Waals surface area contributed by atoms with Crippen LogP contribution in [0.5, 0.6) is 0 Å². The second-order valence-electron chi connectivity index (χ2n) is 5.25. The fourth-order valence-corrected chi connectivity index (χ4v) is 3.72. The van der Waals surface area contributed by atoms with Gasteiger partial charge in [-0.2, -0.15) is 4.72 Å². The predicted molar refractivity (Wildman–Crippen MR) is 92.3 cm³/mol. The van der Waals surface area contributed by atoms with Gasteiger partial charge in [-0.15, -0.1) is 11.6 Å². The van der Waals surface area contributed by atoms with Crippen LogP contribution < -0.4 is 4.72 Å². The summed E-state index contributed by atoms with van der Waals surface area (Å²) in [5, 5.41) is -0.904. The summed E-state index contributed by atoms with van der Waals surface area (Å²) in [5.41, 5.74) is 1.54. The Morgan fingerprint density at radius 1 is 1.08 bits per heavy atom. The predicted octanol–water partition coefficient (Wildman–Crippen LogP) is 2.80. The van der Waals surface area contributed by atoms with Crippen LogP contribution in [0.15, 0.2) is 59.5 Å². The van der Waals surface area contributed by atoms with Crippen molar-refractivity contribution in [2.75, 3.05) is 7.11 Å². The lowest BCUT2D eigenvalue weighted by Gasteiger charge is -2.21. The maximum absolute atomic E-state index is 12.5. The SMILES string of the molecule is COC(=O)[C@@H](NS(=O)(=O)c1ccc(C)cc1)[C@@H](Cl)c1ccccc1. The summed E-state index contributed by atoms with van der Waals surface area (Å²) >= 11 is 6.34. The Kier molecular flexibility index (Phi) is 5.99. The van der Waals surface area contributed by atoms with Crippen molar-refractivity contribution in [1.29, 1.82) is 0 Å². The van der Waals surface area contributed by atoms with Crippen LogP contribution in [0.1, 0.15) is 16.5 Å². The monoisotopic (exact) mass is 367 g/mol. The molecule has 0 fully saturated rings. The highest BCUT2D eigenvalue weighted by Crippen LogP contribution is 2.26. The molecule has 0 heterocycles. The van der Waals surface area contributed by atoms with Gasteiger partial charge in [0.15, 0.2) is 0 Å². The van der Waals surface area contributed by atoms with Crippen LogP contribution in [0.25, 0.3) is 0 Å². The number of methoxy groups -OCH3 is 1. The third-order valence-corrected chi connectivity index (χ3v) is 5.44. The molecule has 0 radical (unpaired) electrons. The zero-order chi connectivity index (χ0) is 17.7. The molecule has 2 aromatic rings. The average Bonchev–Trinajstić information content (AvgIpc) is 2.59. The molecule has 0 aromatic heterocycles. The number of hydrogen-bond acceptors (Lipinski definition) is 4. The molecule has 2 aromatic carbocycles. The molecule has 5 nitrogen and oxygen atoms in total. The molecule has 0 saturated carbocycles. The summed E-state index contributed by atoms with van der Waals surface area (Å²) in [6.45, 7) is 1.85. The van der Waals surface area contributed by atoms with Gasteiger partial charge in [-0.1, -0.05) is 48.0 Å². The molecule has 2 rings (SSSR count). The van der Waals surface area contributed by atoms with Crippen molar-refractivity contribution in [3.8, 4) is 0 Å². The van der Waals surface area contributed by atoms with Gasteiger partial charge in [0.2, 0.25) is 10.0 Å². The van der Waals surface area contributed by atoms with E-state index in [1.165, 1.54) is 19.2 Å². The lowest BCUT2D eigenvalue weighted by atomic mass is 10.1. The molecule has 128 valence electrons. The first-order valence-corrected chi connectivity index (χ1v) is 9.13. The quantitative estimate of drug-likeness (QED) is 0.629. The Hall–Kier alpha value is -1.89. The molecule has 0 spiro atoms. The van der Waals surface area contributed by atoms with Crippen LogP contribution in [-0.4, -0.2) is 27.5 Å². The van der Waals surface area contributed by atoms with Crippen LogP contribution in [0, 0.1) is 6.92 Å². The summed E-state index contributed by atoms with van der Waals surface area (Å²) in [5.74, 6) is -0.755. The smallest absolute Gasteiger partial charge is 0.325 e. The van der Waals surface area contributed by atoms with E-state index in [2.05, 4.69) is 4.72 Å². The number of halogens is 1. The van der Waals surface area contributed by atoms with E-state index < -0.39 is 27.4 Å². The number of nitrogens with one attached hydrogen (secondary N) is 1. The van der Waals surface area contributed by atoms with Gasteiger partial charge in [0.1, 0.15) is 6.04 Å². The number of alkyl halides is 1. The van der Waals surface area contributed by atoms with Gasteiger partial charge in [0, 0.05) is 0 Å². The summed E-state index contributed by atoms with van der Waals surface area (Å²) < 4.78 is 32.1. The number of benzene rings is 2. The minimum Gasteiger partial charge on any atom is -0.468 e. The maximum Gasteiger partial charge on any atom is 0.325 e. The highest BCUT2D eigenvalue weighted by molar-refractivity contribution is 7.89. The summed E-state index contributed by atoms with van der Waals surface area (Å²) in [6.07, 6.45) is 0. The zero-order valence-electron chi connectivity index (χ0n) is 13.3. The molecule has 0 amide bonds. The summed E-state index contributed by atoms with van der Waals surface area (Å²) in [6, 6.07) is 13.8. The van der Waals surface area contributed by atoms with Crippen molar-refractivity contribution in [3.05, 3.63) is 65.7 Å². The Morgan fingerprint density at radius 3 is 2.21 bits per heavy atom. The molecular formula is C17H18ClNO4S. The molecule has 0 saturated heterocycles. The van der Waals surface area contributed by atoms with E-state index in [0.29, 0.717) is 5.56 Å². The van der Waals surface area contributed by atoms with Gasteiger partial charge >= 0.3 is 5.97 Å². The van der Waals surface area contributed by atoms with Gasteiger partial charge in [0.25, 0.3) is 0 Å². The van der Waals surface area contributed by atoms with Crippen LogP contribution >= 0.6 is 11.6 Å². The van der Waals surface area contributed by atoms with E-state index in [4.69, 9.17) is 16.3 Å². The number of esters is 1. The van der Waals surface area contributed by atoms with Crippen molar-refractivity contribution in [1.82, 2.24) is 4.72 Å². The topological polar surface area (TPSA) is 72.5 Å². The van der Waals surface area contributed by atoms with Crippen molar-refractivity contribution in [2.24, 2.45) is 0 Å². The standard InChI is InChI=1S/C17H18ClNO4S/c1-12-8-10-14(11-9-12)24(21,22)19-16(17(20)23-2)15(18)13-6-4-3-5-7-13/h3-11,15-16,19H,1-2H3/t15-,16-/m0/s1. The number of rotatable bonds is 6. The highest BCUT2D eigenvalue weighted by Gasteiger charge is 2.33. The molecular weight excluding hydrogens is 350 g/mol. The molecule has 24 heavy (non-hydrogen) atoms. The second-order valence-corrected chi connectivity index (χ2v) is 7.43. The molecule has 2 atom stereocenters. The Labute approximate surface area is 146 Å². The van der Waals surface area contributed by atoms with Gasteiger partial charge in [-0.25, -0.2) is 8.42 Å². The largest absolute Gasteiger partial charge is 0.468 e. The van der Waals surface area contributed by atoms with E-state index >= 15 is 0 Å². The average molecular weight is 368 g/mol. The molecule has 0 unspecified atom stereocenters. The van der Waals surface area contributed by atoms with Gasteiger partial charge < -0.3 is 4.74 Å². The molecule has 0 aliphatic heterocycles. The third-order valence-electron chi connectivity index (χ3n) is 3.48. The normalized spacial score (nSPS) is 14.0. The lowest BCUT2D eigenvalue weighted by Crippen LogP contribution is -2.44. The van der Waals surface area contributed by atoms with Crippen LogP contribution in [-0.2, 0) is 19.6 Å². The molecule has 0 bridgehead atoms. The van der Waals surface area contributed by atoms with E-state index in [1.54, 1.807) is 42.5 Å². The summed E-state index contributed by atoms with van der Waals surface area (Å²) in [7, 11) is -2.74. The Bertz CT molecular complexity index is 791. The second kappa shape index (κ2) is 7.79. The van der Waals surface area contributed by atoms with E-state index in [0.717, 1.165) is 5.56 Å². The third kappa shape index (κ3) is 4.35. The number of carbonyl (C=O) groups excluding carboxylic acids is 1. The molecule has 7 heteroatoms. The first-order chi connectivity index (χ1) is 11.3. The van der Waals surface area contributed by atoms with Crippen molar-refractivity contribution in [2.45, 2.75) is 23.2 Å². The highest BCUT2D eigenvalue weighted by atomic mass is 35.5. The maximum atomic E-state index is 12.5. The summed E-state index contributed by atoms with van der Waals surface area (Å²) in [4.78, 5) is 12.1. The lowest BCUT2D eigenvalue weighted by molar-refractivity contribution is -0.142. The minimum absolute atomic E-state index is 0.0546. The van der Waals surface area contributed by atoms with E-state index in [9.17, 15) is 13.2 Å². The first kappa shape index (κ1) is 18.4.